The number of para-hydroxylation sites is 1. The van der Waals surface area contributed by atoms with Gasteiger partial charge >= 0.3 is 0 Å². The molecule has 1 aliphatic carbocycles. The summed E-state index contributed by atoms with van der Waals surface area (Å²) < 4.78 is 2.71. The highest BCUT2D eigenvalue weighted by atomic mass is 15.1. The summed E-state index contributed by atoms with van der Waals surface area (Å²) in [5.41, 5.74) is 3.98. The zero-order valence-electron chi connectivity index (χ0n) is 25.2. The van der Waals surface area contributed by atoms with Gasteiger partial charge in [-0.3, -0.25) is 0 Å². The second-order valence-corrected chi connectivity index (χ2v) is 15.0. The van der Waals surface area contributed by atoms with Crippen molar-refractivity contribution in [2.24, 2.45) is 28.6 Å². The van der Waals surface area contributed by atoms with Crippen LogP contribution in [0.1, 0.15) is 133 Å². The van der Waals surface area contributed by atoms with E-state index in [0.29, 0.717) is 10.8 Å². The summed E-state index contributed by atoms with van der Waals surface area (Å²) in [6.07, 6.45) is 10.9. The van der Waals surface area contributed by atoms with E-state index in [1.54, 1.807) is 0 Å². The molecule has 1 nitrogen and oxygen atoms in total. The number of hydrogen-bond donors (Lipinski definition) is 0. The zero-order chi connectivity index (χ0) is 26.2. The van der Waals surface area contributed by atoms with Crippen LogP contribution in [0.4, 0.5) is 0 Å². The van der Waals surface area contributed by atoms with E-state index in [4.69, 9.17) is 0 Å². The summed E-state index contributed by atoms with van der Waals surface area (Å²) in [6, 6.07) is 11.5. The number of nitrogens with zero attached hydrogens (tertiary/aromatic N) is 1. The minimum absolute atomic E-state index is 0.105. The third kappa shape index (κ3) is 5.86. The Morgan fingerprint density at radius 3 is 2.11 bits per heavy atom. The molecule has 0 N–H and O–H groups in total. The van der Waals surface area contributed by atoms with Crippen LogP contribution in [0.15, 0.2) is 30.3 Å². The van der Waals surface area contributed by atoms with E-state index in [-0.39, 0.29) is 11.0 Å². The van der Waals surface area contributed by atoms with E-state index in [1.165, 1.54) is 68.0 Å². The fourth-order valence-corrected chi connectivity index (χ4v) is 8.12. The molecule has 0 bridgehead atoms. The average molecular weight is 480 g/mol. The monoisotopic (exact) mass is 479 g/mol. The second-order valence-electron chi connectivity index (χ2n) is 15.0. The van der Waals surface area contributed by atoms with Crippen LogP contribution in [0.2, 0.25) is 0 Å². The molecular formula is C34H57N. The molecule has 3 rings (SSSR count). The lowest BCUT2D eigenvalue weighted by Crippen LogP contribution is -2.42. The van der Waals surface area contributed by atoms with Crippen molar-refractivity contribution < 1.29 is 0 Å². The van der Waals surface area contributed by atoms with Gasteiger partial charge in [-0.15, -0.1) is 0 Å². The standard InChI is InChI=1S/C34H57N/c1-12-34(25(2)3)22-16-18-26(17-15-21-29(34)31(4,5)6)24-33(10,11)35-28-20-14-13-19-27(28)23-30(35)32(7,8)9/h13-14,19-20,23,25-26,29H,12,15-18,21-22,24H2,1-11H3. The van der Waals surface area contributed by atoms with Crippen LogP contribution in [0, 0.1) is 28.6 Å². The number of fused-ring (bicyclic) bond motifs is 1. The van der Waals surface area contributed by atoms with Crippen LogP contribution >= 0.6 is 0 Å². The second kappa shape index (κ2) is 10.3. The molecular weight excluding hydrogens is 422 g/mol. The van der Waals surface area contributed by atoms with Crippen molar-refractivity contribution in [3.05, 3.63) is 36.0 Å². The molecule has 3 atom stereocenters. The van der Waals surface area contributed by atoms with E-state index < -0.39 is 0 Å². The molecule has 1 heteroatoms. The summed E-state index contributed by atoms with van der Waals surface area (Å²) in [6.45, 7) is 27.1. The summed E-state index contributed by atoms with van der Waals surface area (Å²) in [5.74, 6) is 2.37. The van der Waals surface area contributed by atoms with Gasteiger partial charge in [0, 0.05) is 22.2 Å². The molecule has 1 aliphatic rings. The maximum Gasteiger partial charge on any atom is 0.0487 e. The predicted octanol–water partition coefficient (Wildman–Crippen LogP) is 10.7. The first-order chi connectivity index (χ1) is 16.1. The molecule has 0 aliphatic heterocycles. The first-order valence-electron chi connectivity index (χ1n) is 14.7. The third-order valence-corrected chi connectivity index (χ3v) is 9.78. The van der Waals surface area contributed by atoms with Crippen molar-refractivity contribution in [1.82, 2.24) is 4.57 Å². The van der Waals surface area contributed by atoms with Gasteiger partial charge in [0.05, 0.1) is 0 Å². The van der Waals surface area contributed by atoms with Crippen LogP contribution < -0.4 is 0 Å². The van der Waals surface area contributed by atoms with Gasteiger partial charge in [-0.25, -0.2) is 0 Å². The minimum Gasteiger partial charge on any atom is -0.338 e. The number of benzene rings is 1. The number of aromatic nitrogens is 1. The summed E-state index contributed by atoms with van der Waals surface area (Å²) >= 11 is 0. The lowest BCUT2D eigenvalue weighted by Gasteiger charge is -2.50. The van der Waals surface area contributed by atoms with Crippen LogP contribution in [0.5, 0.6) is 0 Å². The van der Waals surface area contributed by atoms with Crippen molar-refractivity contribution in [3.8, 4) is 0 Å². The van der Waals surface area contributed by atoms with Crippen molar-refractivity contribution in [2.45, 2.75) is 138 Å². The maximum absolute atomic E-state index is 2.71. The molecule has 0 saturated heterocycles. The third-order valence-electron chi connectivity index (χ3n) is 9.78. The topological polar surface area (TPSA) is 4.93 Å². The molecule has 1 aromatic heterocycles. The SMILES string of the molecule is CCC1(C(C)C)CCCC(CC(C)(C)n2c(C(C)(C)C)cc3ccccc32)CCCC1C(C)(C)C. The van der Waals surface area contributed by atoms with Crippen molar-refractivity contribution >= 4 is 10.9 Å². The van der Waals surface area contributed by atoms with Gasteiger partial charge in [0.25, 0.3) is 0 Å². The molecule has 1 aromatic carbocycles. The minimum atomic E-state index is 0.105. The Morgan fingerprint density at radius 1 is 0.914 bits per heavy atom. The van der Waals surface area contributed by atoms with Crippen LogP contribution in [-0.2, 0) is 11.0 Å². The number of rotatable bonds is 5. The van der Waals surface area contributed by atoms with Gasteiger partial charge < -0.3 is 4.57 Å². The van der Waals surface area contributed by atoms with Crippen LogP contribution in [0.3, 0.4) is 0 Å². The van der Waals surface area contributed by atoms with E-state index in [2.05, 4.69) is 111 Å². The Morgan fingerprint density at radius 2 is 1.54 bits per heavy atom. The Bertz CT molecular complexity index is 961. The highest BCUT2D eigenvalue weighted by Crippen LogP contribution is 2.54. The average Bonchev–Trinajstić information content (AvgIpc) is 3.17. The van der Waals surface area contributed by atoms with Crippen molar-refractivity contribution in [2.75, 3.05) is 0 Å². The fraction of sp³-hybridized carbons (Fsp3) is 0.765. The maximum atomic E-state index is 2.71. The van der Waals surface area contributed by atoms with E-state index >= 15 is 0 Å². The number of hydrogen-bond acceptors (Lipinski definition) is 0. The van der Waals surface area contributed by atoms with E-state index in [0.717, 1.165) is 17.8 Å². The zero-order valence-corrected chi connectivity index (χ0v) is 25.2. The molecule has 1 saturated carbocycles. The quantitative estimate of drug-likeness (QED) is 0.402. The first-order valence-corrected chi connectivity index (χ1v) is 14.7. The molecule has 198 valence electrons. The summed E-state index contributed by atoms with van der Waals surface area (Å²) in [5, 5.41) is 1.39. The molecule has 1 fully saturated rings. The molecule has 0 amide bonds. The Kier molecular flexibility index (Phi) is 8.30. The summed E-state index contributed by atoms with van der Waals surface area (Å²) in [7, 11) is 0. The van der Waals surface area contributed by atoms with Gasteiger partial charge in [-0.05, 0) is 85.6 Å². The Hall–Kier alpha value is -1.24. The molecule has 0 spiro atoms. The van der Waals surface area contributed by atoms with Gasteiger partial charge in [0.2, 0.25) is 0 Å². The molecule has 3 unspecified atom stereocenters. The fourth-order valence-electron chi connectivity index (χ4n) is 8.12. The lowest BCUT2D eigenvalue weighted by atomic mass is 9.55. The van der Waals surface area contributed by atoms with Gasteiger partial charge in [0.1, 0.15) is 0 Å². The van der Waals surface area contributed by atoms with Crippen molar-refractivity contribution in [3.63, 3.8) is 0 Å². The van der Waals surface area contributed by atoms with Gasteiger partial charge in [0.15, 0.2) is 0 Å². The van der Waals surface area contributed by atoms with Gasteiger partial charge in [-0.1, -0.05) is 106 Å². The molecule has 0 radical (unpaired) electrons. The Labute approximate surface area is 218 Å². The summed E-state index contributed by atoms with van der Waals surface area (Å²) in [4.78, 5) is 0. The predicted molar refractivity (Wildman–Crippen MR) is 156 cm³/mol. The molecule has 35 heavy (non-hydrogen) atoms. The highest BCUT2D eigenvalue weighted by molar-refractivity contribution is 5.82. The molecule has 1 heterocycles. The lowest BCUT2D eigenvalue weighted by molar-refractivity contribution is -0.00715. The van der Waals surface area contributed by atoms with Crippen LogP contribution in [-0.4, -0.2) is 4.57 Å². The molecule has 2 aromatic rings. The smallest absolute Gasteiger partial charge is 0.0487 e. The van der Waals surface area contributed by atoms with E-state index in [9.17, 15) is 0 Å². The first kappa shape index (κ1) is 28.3. The Balaban J connectivity index is 1.91. The van der Waals surface area contributed by atoms with Crippen molar-refractivity contribution in [1.29, 1.82) is 0 Å². The van der Waals surface area contributed by atoms with E-state index in [1.807, 2.05) is 0 Å². The highest BCUT2D eigenvalue weighted by Gasteiger charge is 2.45. The van der Waals surface area contributed by atoms with Crippen LogP contribution in [0.25, 0.3) is 10.9 Å². The largest absolute Gasteiger partial charge is 0.338 e. The van der Waals surface area contributed by atoms with Gasteiger partial charge in [-0.2, -0.15) is 0 Å². The normalized spacial score (nSPS) is 25.5.